The molecule has 34 heavy (non-hydrogen) atoms. The molecular formula is C25H34N4O5. The standard InChI is InChI=1S/C17H14N2O2.C5H11NO2.C2H6.CH3NO/c1-19-15-11-14(8-9-16(15)21-17(19)20)13-6-4-12(5-7-13)3-2-10-18;7-5-3-6-1-2-8-4-5;1-2;2-1-3/h4-9,11H,2-3H2,1H3;5-7H,1-4H2;1-2H3;1H,(H2,2,3). The second-order valence-corrected chi connectivity index (χ2v) is 7.03. The van der Waals surface area contributed by atoms with Gasteiger partial charge in [0.1, 0.15) is 0 Å². The number of rotatable bonds is 3. The van der Waals surface area contributed by atoms with E-state index in [-0.39, 0.29) is 18.3 Å². The monoisotopic (exact) mass is 470 g/mol. The number of hydrogen-bond acceptors (Lipinski definition) is 7. The average molecular weight is 471 g/mol. The summed E-state index contributed by atoms with van der Waals surface area (Å²) in [6.45, 7) is 6.72. The number of aryl methyl sites for hydroxylation is 2. The largest absolute Gasteiger partial charge is 0.419 e. The van der Waals surface area contributed by atoms with E-state index in [9.17, 15) is 4.79 Å². The first-order valence-electron chi connectivity index (χ1n) is 11.2. The van der Waals surface area contributed by atoms with Gasteiger partial charge in [-0.3, -0.25) is 9.36 Å². The Morgan fingerprint density at radius 3 is 2.53 bits per heavy atom. The van der Waals surface area contributed by atoms with Gasteiger partial charge in [-0.25, -0.2) is 4.79 Å². The molecule has 1 amide bonds. The van der Waals surface area contributed by atoms with E-state index in [2.05, 4.69) is 17.1 Å². The van der Waals surface area contributed by atoms with Crippen LogP contribution in [0.4, 0.5) is 0 Å². The summed E-state index contributed by atoms with van der Waals surface area (Å²) >= 11 is 0. The maximum Gasteiger partial charge on any atom is 0.419 e. The molecular weight excluding hydrogens is 436 g/mol. The van der Waals surface area contributed by atoms with E-state index in [1.807, 2.05) is 56.3 Å². The number of β-amino-alcohol motifs (C(OH)–C–C–N with tert-alkyl or cyclic N) is 1. The summed E-state index contributed by atoms with van der Waals surface area (Å²) in [6, 6.07) is 16.0. The minimum Gasteiger partial charge on any atom is -0.408 e. The summed E-state index contributed by atoms with van der Waals surface area (Å²) in [5, 5.41) is 20.5. The van der Waals surface area contributed by atoms with Crippen LogP contribution in [0.5, 0.6) is 0 Å². The number of primary amides is 1. The number of carbonyl (C=O) groups is 1. The number of nitriles is 1. The van der Waals surface area contributed by atoms with Gasteiger partial charge in [0, 0.05) is 26.6 Å². The molecule has 1 unspecified atom stereocenters. The van der Waals surface area contributed by atoms with E-state index in [4.69, 9.17) is 24.3 Å². The molecule has 0 radical (unpaired) electrons. The number of hydrogen-bond donors (Lipinski definition) is 3. The van der Waals surface area contributed by atoms with Gasteiger partial charge in [-0.05, 0) is 35.2 Å². The van der Waals surface area contributed by atoms with Crippen LogP contribution in [0.2, 0.25) is 0 Å². The first-order chi connectivity index (χ1) is 16.5. The lowest BCUT2D eigenvalue weighted by atomic mass is 10.0. The summed E-state index contributed by atoms with van der Waals surface area (Å²) < 4.78 is 11.6. The van der Waals surface area contributed by atoms with Crippen molar-refractivity contribution in [1.82, 2.24) is 9.88 Å². The van der Waals surface area contributed by atoms with Gasteiger partial charge in [-0.2, -0.15) is 5.26 Å². The molecule has 1 aromatic heterocycles. The summed E-state index contributed by atoms with van der Waals surface area (Å²) in [4.78, 5) is 20.1. The molecule has 1 aliphatic rings. The maximum atomic E-state index is 11.5. The van der Waals surface area contributed by atoms with Crippen molar-refractivity contribution in [1.29, 1.82) is 5.26 Å². The van der Waals surface area contributed by atoms with Crippen LogP contribution >= 0.6 is 0 Å². The van der Waals surface area contributed by atoms with Crippen molar-refractivity contribution in [2.75, 3.05) is 26.3 Å². The molecule has 0 aliphatic carbocycles. The van der Waals surface area contributed by atoms with Gasteiger partial charge in [0.15, 0.2) is 5.58 Å². The quantitative estimate of drug-likeness (QED) is 0.499. The van der Waals surface area contributed by atoms with Crippen molar-refractivity contribution >= 4 is 17.5 Å². The van der Waals surface area contributed by atoms with Crippen LogP contribution in [0.15, 0.2) is 51.7 Å². The Balaban J connectivity index is 0.000000369. The van der Waals surface area contributed by atoms with Crippen molar-refractivity contribution < 1.29 is 19.1 Å². The Morgan fingerprint density at radius 1 is 1.24 bits per heavy atom. The Morgan fingerprint density at radius 2 is 1.88 bits per heavy atom. The molecule has 2 aromatic carbocycles. The number of oxazole rings is 1. The molecule has 1 aliphatic heterocycles. The number of nitrogens with zero attached hydrogens (tertiary/aromatic N) is 2. The number of nitrogens with one attached hydrogen (secondary N) is 1. The molecule has 9 heteroatoms. The number of carbonyl (C=O) groups excluding carboxylic acids is 1. The van der Waals surface area contributed by atoms with E-state index >= 15 is 0 Å². The highest BCUT2D eigenvalue weighted by molar-refractivity contribution is 5.80. The second kappa shape index (κ2) is 16.2. The zero-order valence-electron chi connectivity index (χ0n) is 20.0. The zero-order chi connectivity index (χ0) is 25.3. The topological polar surface area (TPSA) is 144 Å². The molecule has 184 valence electrons. The lowest BCUT2D eigenvalue weighted by Crippen LogP contribution is -2.26. The smallest absolute Gasteiger partial charge is 0.408 e. The fourth-order valence-corrected chi connectivity index (χ4v) is 3.06. The van der Waals surface area contributed by atoms with Crippen molar-refractivity contribution in [3.8, 4) is 17.2 Å². The molecule has 1 atom stereocenters. The molecule has 9 nitrogen and oxygen atoms in total. The Labute approximate surface area is 199 Å². The fraction of sp³-hybridized carbons (Fsp3) is 0.400. The van der Waals surface area contributed by atoms with Crippen LogP contribution in [-0.2, 0) is 23.0 Å². The van der Waals surface area contributed by atoms with Gasteiger partial charge >= 0.3 is 5.76 Å². The molecule has 1 fully saturated rings. The van der Waals surface area contributed by atoms with E-state index in [0.717, 1.165) is 41.8 Å². The first-order valence-corrected chi connectivity index (χ1v) is 11.2. The number of aliphatic hydroxyl groups is 1. The third-order valence-corrected chi connectivity index (χ3v) is 4.72. The van der Waals surface area contributed by atoms with Crippen LogP contribution in [0.3, 0.4) is 0 Å². The Kier molecular flexibility index (Phi) is 13.6. The van der Waals surface area contributed by atoms with E-state index in [1.165, 1.54) is 4.57 Å². The van der Waals surface area contributed by atoms with Gasteiger partial charge in [-0.1, -0.05) is 44.2 Å². The zero-order valence-corrected chi connectivity index (χ0v) is 20.0. The van der Waals surface area contributed by atoms with Crippen molar-refractivity contribution in [3.05, 3.63) is 58.6 Å². The van der Waals surface area contributed by atoms with Crippen LogP contribution in [0.25, 0.3) is 22.2 Å². The summed E-state index contributed by atoms with van der Waals surface area (Å²) in [6.07, 6.45) is 1.24. The van der Waals surface area contributed by atoms with Crippen molar-refractivity contribution in [2.24, 2.45) is 12.8 Å². The van der Waals surface area contributed by atoms with E-state index < -0.39 is 0 Å². The molecule has 1 saturated heterocycles. The summed E-state index contributed by atoms with van der Waals surface area (Å²) in [5.74, 6) is -0.353. The Hall–Kier alpha value is -3.45. The predicted octanol–water partition coefficient (Wildman–Crippen LogP) is 2.35. The van der Waals surface area contributed by atoms with E-state index in [1.54, 1.807) is 7.05 Å². The van der Waals surface area contributed by atoms with Gasteiger partial charge in [0.05, 0.1) is 30.9 Å². The van der Waals surface area contributed by atoms with Gasteiger partial charge in [-0.15, -0.1) is 0 Å². The highest BCUT2D eigenvalue weighted by Gasteiger charge is 2.08. The van der Waals surface area contributed by atoms with Crippen molar-refractivity contribution in [2.45, 2.75) is 32.8 Å². The van der Waals surface area contributed by atoms with E-state index in [0.29, 0.717) is 25.2 Å². The minimum absolute atomic E-state index is 0.250. The highest BCUT2D eigenvalue weighted by atomic mass is 16.5. The third kappa shape index (κ3) is 9.19. The molecule has 4 N–H and O–H groups in total. The van der Waals surface area contributed by atoms with Crippen LogP contribution < -0.4 is 16.8 Å². The molecule has 3 aromatic rings. The van der Waals surface area contributed by atoms with Crippen LogP contribution in [-0.4, -0.2) is 48.5 Å². The van der Waals surface area contributed by atoms with Crippen molar-refractivity contribution in [3.63, 3.8) is 0 Å². The highest BCUT2D eigenvalue weighted by Crippen LogP contribution is 2.24. The minimum atomic E-state index is -0.353. The van der Waals surface area contributed by atoms with Crippen LogP contribution in [0.1, 0.15) is 25.8 Å². The number of aliphatic hydroxyl groups excluding tert-OH is 1. The number of benzene rings is 2. The fourth-order valence-electron chi connectivity index (χ4n) is 3.06. The predicted molar refractivity (Wildman–Crippen MR) is 132 cm³/mol. The SMILES string of the molecule is CC.Cn1c(=O)oc2ccc(-c3ccc(CCC#N)cc3)cc21.NC=O.OC1CNCCOC1. The number of nitrogens with two attached hydrogens (primary N) is 1. The molecule has 0 spiro atoms. The van der Waals surface area contributed by atoms with Gasteiger partial charge < -0.3 is 25.3 Å². The van der Waals surface area contributed by atoms with Gasteiger partial charge in [0.25, 0.3) is 0 Å². The number of fused-ring (bicyclic) bond motifs is 1. The molecule has 2 heterocycles. The third-order valence-electron chi connectivity index (χ3n) is 4.72. The number of ether oxygens (including phenoxy) is 1. The van der Waals surface area contributed by atoms with Crippen LogP contribution in [0, 0.1) is 11.3 Å². The number of amides is 1. The molecule has 0 saturated carbocycles. The Bertz CT molecular complexity index is 1080. The molecule has 0 bridgehead atoms. The summed E-state index contributed by atoms with van der Waals surface area (Å²) in [5.41, 5.74) is 8.80. The average Bonchev–Trinajstić information content (AvgIpc) is 3.00. The maximum absolute atomic E-state index is 11.5. The lowest BCUT2D eigenvalue weighted by Gasteiger charge is -2.04. The lowest BCUT2D eigenvalue weighted by molar-refractivity contribution is -0.106. The first kappa shape index (κ1) is 28.6. The normalized spacial score (nSPS) is 14.6. The number of aromatic nitrogens is 1. The summed E-state index contributed by atoms with van der Waals surface area (Å²) in [7, 11) is 1.70. The van der Waals surface area contributed by atoms with Gasteiger partial charge in [0.2, 0.25) is 6.41 Å². The second-order valence-electron chi connectivity index (χ2n) is 7.03. The molecule has 4 rings (SSSR count).